The van der Waals surface area contributed by atoms with Gasteiger partial charge in [0.25, 0.3) is 0 Å². The number of ether oxygens (including phenoxy) is 1. The SMILES string of the molecule is C.C.CC(C)(C)CC(=O)Nc1cc(CCCO)ccn1.Cc1ccnc(NC(=O)OC(C)(C)C)c1. The number of aryl methyl sites for hydroxylation is 2. The summed E-state index contributed by atoms with van der Waals surface area (Å²) in [5.74, 6) is 1.07. The number of anilines is 2. The summed E-state index contributed by atoms with van der Waals surface area (Å²) < 4.78 is 5.09. The summed E-state index contributed by atoms with van der Waals surface area (Å²) in [6.45, 7) is 13.6. The highest BCUT2D eigenvalue weighted by molar-refractivity contribution is 5.90. The van der Waals surface area contributed by atoms with E-state index in [2.05, 4.69) is 20.6 Å². The number of carbonyl (C=O) groups excluding carboxylic acids is 2. The first-order chi connectivity index (χ1) is 15.3. The molecule has 0 aromatic carbocycles. The lowest BCUT2D eigenvalue weighted by atomic mass is 9.92. The topological polar surface area (TPSA) is 113 Å². The summed E-state index contributed by atoms with van der Waals surface area (Å²) in [5.41, 5.74) is 1.59. The number of nitrogens with zero attached hydrogens (tertiary/aromatic N) is 2. The maximum Gasteiger partial charge on any atom is 0.413 e. The molecule has 0 saturated heterocycles. The number of carbonyl (C=O) groups is 2. The molecule has 2 aromatic rings. The van der Waals surface area contributed by atoms with Crippen LogP contribution in [0.25, 0.3) is 0 Å². The maximum atomic E-state index is 11.8. The summed E-state index contributed by atoms with van der Waals surface area (Å²) in [7, 11) is 0. The van der Waals surface area contributed by atoms with Gasteiger partial charge in [-0.1, -0.05) is 35.6 Å². The Bertz CT molecular complexity index is 903. The molecule has 0 fully saturated rings. The molecule has 8 nitrogen and oxygen atoms in total. The van der Waals surface area contributed by atoms with Gasteiger partial charge in [0.15, 0.2) is 0 Å². The van der Waals surface area contributed by atoms with Crippen molar-refractivity contribution in [3.05, 3.63) is 47.8 Å². The minimum absolute atomic E-state index is 0. The van der Waals surface area contributed by atoms with E-state index in [1.165, 1.54) is 0 Å². The lowest BCUT2D eigenvalue weighted by Gasteiger charge is -2.19. The first kappa shape index (κ1) is 34.2. The number of aromatic nitrogens is 2. The number of aliphatic hydroxyl groups excluding tert-OH is 1. The molecule has 2 aromatic heterocycles. The van der Waals surface area contributed by atoms with E-state index in [-0.39, 0.29) is 32.8 Å². The molecule has 35 heavy (non-hydrogen) atoms. The van der Waals surface area contributed by atoms with Crippen molar-refractivity contribution in [3.63, 3.8) is 0 Å². The molecule has 0 aliphatic heterocycles. The van der Waals surface area contributed by atoms with Crippen LogP contribution in [0.15, 0.2) is 36.7 Å². The predicted molar refractivity (Wildman–Crippen MR) is 145 cm³/mol. The minimum Gasteiger partial charge on any atom is -0.444 e. The van der Waals surface area contributed by atoms with E-state index in [0.29, 0.717) is 18.1 Å². The van der Waals surface area contributed by atoms with E-state index in [0.717, 1.165) is 24.0 Å². The summed E-state index contributed by atoms with van der Waals surface area (Å²) >= 11 is 0. The number of rotatable bonds is 6. The van der Waals surface area contributed by atoms with Gasteiger partial charge in [0.05, 0.1) is 0 Å². The number of nitrogens with one attached hydrogen (secondary N) is 2. The fourth-order valence-electron chi connectivity index (χ4n) is 2.66. The third-order valence-corrected chi connectivity index (χ3v) is 3.95. The first-order valence-electron chi connectivity index (χ1n) is 11.1. The molecule has 198 valence electrons. The Morgan fingerprint density at radius 3 is 2.03 bits per heavy atom. The third-order valence-electron chi connectivity index (χ3n) is 3.95. The third kappa shape index (κ3) is 17.1. The van der Waals surface area contributed by atoms with Crippen LogP contribution in [0.3, 0.4) is 0 Å². The fraction of sp³-hybridized carbons (Fsp3) is 0.556. The molecule has 0 aliphatic carbocycles. The number of pyridine rings is 2. The highest BCUT2D eigenvalue weighted by atomic mass is 16.6. The van der Waals surface area contributed by atoms with Gasteiger partial charge in [-0.15, -0.1) is 0 Å². The molecular formula is C27H46N4O4. The first-order valence-corrected chi connectivity index (χ1v) is 11.1. The summed E-state index contributed by atoms with van der Waals surface area (Å²) in [5, 5.41) is 14.2. The molecule has 0 spiro atoms. The van der Waals surface area contributed by atoms with E-state index in [1.807, 2.05) is 66.7 Å². The molecular weight excluding hydrogens is 444 g/mol. The second-order valence-electron chi connectivity index (χ2n) is 10.0. The normalized spacial score (nSPS) is 10.5. The molecule has 3 N–H and O–H groups in total. The Hall–Kier alpha value is -3.00. The van der Waals surface area contributed by atoms with Crippen LogP contribution < -0.4 is 10.6 Å². The van der Waals surface area contributed by atoms with Crippen molar-refractivity contribution in [2.24, 2.45) is 5.41 Å². The molecule has 2 heterocycles. The van der Waals surface area contributed by atoms with Crippen LogP contribution in [0.1, 0.15) is 80.4 Å². The standard InChI is InChI=1S/C14H22N2O2.C11H16N2O2.2CH4/c1-14(2,3)10-13(18)16-12-9-11(5-4-8-17)6-7-15-12;1-8-5-6-12-9(7-8)13-10(14)15-11(2,3)4;;/h6-7,9,17H,4-5,8,10H2,1-3H3,(H,15,16,18);5-7H,1-4H3,(H,12,13,14);2*1H4. The van der Waals surface area contributed by atoms with Crippen molar-refractivity contribution in [3.8, 4) is 0 Å². The molecule has 2 rings (SSSR count). The molecule has 0 aliphatic rings. The largest absolute Gasteiger partial charge is 0.444 e. The lowest BCUT2D eigenvalue weighted by molar-refractivity contribution is -0.117. The van der Waals surface area contributed by atoms with E-state index >= 15 is 0 Å². The zero-order valence-corrected chi connectivity index (χ0v) is 20.9. The van der Waals surface area contributed by atoms with Gasteiger partial charge in [-0.05, 0) is 81.3 Å². The number of hydrogen-bond acceptors (Lipinski definition) is 6. The van der Waals surface area contributed by atoms with Gasteiger partial charge in [-0.25, -0.2) is 14.8 Å². The van der Waals surface area contributed by atoms with E-state index < -0.39 is 11.7 Å². The van der Waals surface area contributed by atoms with Crippen LogP contribution in [-0.4, -0.2) is 39.3 Å². The average Bonchev–Trinajstić information content (AvgIpc) is 2.64. The molecule has 0 unspecified atom stereocenters. The van der Waals surface area contributed by atoms with E-state index in [1.54, 1.807) is 18.5 Å². The summed E-state index contributed by atoms with van der Waals surface area (Å²) in [6.07, 6.45) is 4.82. The van der Waals surface area contributed by atoms with Gasteiger partial charge in [0.1, 0.15) is 17.2 Å². The van der Waals surface area contributed by atoms with Crippen LogP contribution in [-0.2, 0) is 16.0 Å². The van der Waals surface area contributed by atoms with Gasteiger partial charge in [-0.3, -0.25) is 10.1 Å². The molecule has 0 radical (unpaired) electrons. The Labute approximate surface area is 211 Å². The maximum absolute atomic E-state index is 11.8. The van der Waals surface area contributed by atoms with Gasteiger partial charge in [-0.2, -0.15) is 0 Å². The minimum atomic E-state index is -0.492. The quantitative estimate of drug-likeness (QED) is 0.432. The van der Waals surface area contributed by atoms with Crippen LogP contribution in [0.4, 0.5) is 16.4 Å². The molecule has 0 saturated carbocycles. The van der Waals surface area contributed by atoms with Gasteiger partial charge in [0, 0.05) is 25.4 Å². The van der Waals surface area contributed by atoms with Crippen molar-refractivity contribution in [1.82, 2.24) is 9.97 Å². The Morgan fingerprint density at radius 2 is 1.51 bits per heavy atom. The summed E-state index contributed by atoms with van der Waals surface area (Å²) in [6, 6.07) is 7.40. The highest BCUT2D eigenvalue weighted by Crippen LogP contribution is 2.19. The molecule has 0 bridgehead atoms. The Morgan fingerprint density at radius 1 is 0.943 bits per heavy atom. The van der Waals surface area contributed by atoms with Crippen molar-refractivity contribution in [2.75, 3.05) is 17.2 Å². The van der Waals surface area contributed by atoms with Crippen molar-refractivity contribution in [2.45, 2.75) is 88.2 Å². The van der Waals surface area contributed by atoms with Crippen LogP contribution in [0.5, 0.6) is 0 Å². The van der Waals surface area contributed by atoms with Crippen LogP contribution in [0, 0.1) is 12.3 Å². The van der Waals surface area contributed by atoms with E-state index in [9.17, 15) is 9.59 Å². The average molecular weight is 491 g/mol. The molecule has 8 heteroatoms. The fourth-order valence-corrected chi connectivity index (χ4v) is 2.66. The van der Waals surface area contributed by atoms with Crippen molar-refractivity contribution >= 4 is 23.6 Å². The van der Waals surface area contributed by atoms with Crippen molar-refractivity contribution in [1.29, 1.82) is 0 Å². The smallest absolute Gasteiger partial charge is 0.413 e. The second-order valence-corrected chi connectivity index (χ2v) is 10.0. The number of amides is 2. The summed E-state index contributed by atoms with van der Waals surface area (Å²) in [4.78, 5) is 31.2. The second kappa shape index (κ2) is 15.8. The van der Waals surface area contributed by atoms with Gasteiger partial charge >= 0.3 is 6.09 Å². The molecule has 2 amide bonds. The van der Waals surface area contributed by atoms with Crippen LogP contribution >= 0.6 is 0 Å². The lowest BCUT2D eigenvalue weighted by Crippen LogP contribution is -2.27. The highest BCUT2D eigenvalue weighted by Gasteiger charge is 2.17. The van der Waals surface area contributed by atoms with Crippen LogP contribution in [0.2, 0.25) is 0 Å². The predicted octanol–water partition coefficient (Wildman–Crippen LogP) is 6.39. The van der Waals surface area contributed by atoms with E-state index in [4.69, 9.17) is 9.84 Å². The zero-order chi connectivity index (χ0) is 25.1. The zero-order valence-electron chi connectivity index (χ0n) is 20.9. The molecule has 0 atom stereocenters. The number of hydrogen-bond donors (Lipinski definition) is 3. The monoisotopic (exact) mass is 490 g/mol. The number of aliphatic hydroxyl groups is 1. The Balaban J connectivity index is 0. The van der Waals surface area contributed by atoms with Crippen molar-refractivity contribution < 1.29 is 19.4 Å². The van der Waals surface area contributed by atoms with Gasteiger partial charge < -0.3 is 15.2 Å². The van der Waals surface area contributed by atoms with Gasteiger partial charge in [0.2, 0.25) is 5.91 Å². The Kier molecular flexibility index (Phi) is 15.4.